The number of benzene rings is 1. The zero-order valence-electron chi connectivity index (χ0n) is 20.2. The van der Waals surface area contributed by atoms with Crippen LogP contribution in [0.1, 0.15) is 89.3 Å². The van der Waals surface area contributed by atoms with Crippen molar-refractivity contribution in [2.75, 3.05) is 6.54 Å². The first kappa shape index (κ1) is 22.8. The van der Waals surface area contributed by atoms with Gasteiger partial charge in [0.1, 0.15) is 11.8 Å². The molecule has 1 aromatic carbocycles. The Hall–Kier alpha value is -1.39. The summed E-state index contributed by atoms with van der Waals surface area (Å²) in [5, 5.41) is 0. The maximum absolute atomic E-state index is 12.5. The molecule has 0 aromatic heterocycles. The number of hydrogen-bond donors (Lipinski definition) is 2. The number of hydrogen-bond acceptors (Lipinski definition) is 4. The Morgan fingerprint density at radius 2 is 1.90 bits per heavy atom. The third-order valence-electron chi connectivity index (χ3n) is 9.42. The average Bonchev–Trinajstić information content (AvgIpc) is 2.99. The van der Waals surface area contributed by atoms with E-state index in [0.29, 0.717) is 35.5 Å². The summed E-state index contributed by atoms with van der Waals surface area (Å²) in [6, 6.07) is 3.58. The van der Waals surface area contributed by atoms with Crippen LogP contribution in [-0.4, -0.2) is 18.6 Å². The molecule has 0 bridgehead atoms. The Morgan fingerprint density at radius 1 is 1.16 bits per heavy atom. The van der Waals surface area contributed by atoms with Crippen molar-refractivity contribution in [3.8, 4) is 5.75 Å². The maximum Gasteiger partial charge on any atom is 0.328 e. The van der Waals surface area contributed by atoms with Gasteiger partial charge in [0.05, 0.1) is 0 Å². The number of nitrogens with two attached hydrogens (primary N) is 2. The number of carbonyl (C=O) groups excluding carboxylic acids is 1. The van der Waals surface area contributed by atoms with E-state index in [1.807, 2.05) is 0 Å². The second-order valence-electron chi connectivity index (χ2n) is 11.8. The van der Waals surface area contributed by atoms with E-state index < -0.39 is 6.04 Å². The number of fused-ring (bicyclic) bond motifs is 5. The van der Waals surface area contributed by atoms with E-state index in [4.69, 9.17) is 16.2 Å². The lowest BCUT2D eigenvalue weighted by atomic mass is 9.43. The summed E-state index contributed by atoms with van der Waals surface area (Å²) in [5.41, 5.74) is 16.7. The predicted molar refractivity (Wildman–Crippen MR) is 126 cm³/mol. The summed E-state index contributed by atoms with van der Waals surface area (Å²) in [6.07, 6.45) is 9.01. The van der Waals surface area contributed by atoms with Crippen molar-refractivity contribution in [2.45, 2.75) is 97.4 Å². The topological polar surface area (TPSA) is 78.3 Å². The van der Waals surface area contributed by atoms with Crippen LogP contribution in [0.25, 0.3) is 0 Å². The SMILES string of the molecule is Cc1cc(OC(=O)C(N)CCCN)cc2c1[C@@]1(C)CC[C@H]3C(C)(C)CCCC3(C)C1C2. The second-order valence-corrected chi connectivity index (χ2v) is 11.8. The highest BCUT2D eigenvalue weighted by Crippen LogP contribution is 2.67. The van der Waals surface area contributed by atoms with Crippen LogP contribution in [0.5, 0.6) is 5.75 Å². The lowest BCUT2D eigenvalue weighted by Gasteiger charge is -2.61. The first-order valence-corrected chi connectivity index (χ1v) is 12.3. The fourth-order valence-corrected chi connectivity index (χ4v) is 8.14. The fraction of sp³-hybridized carbons (Fsp3) is 0.741. The first-order valence-electron chi connectivity index (χ1n) is 12.3. The molecule has 0 heterocycles. The zero-order valence-corrected chi connectivity index (χ0v) is 20.2. The molecule has 3 aliphatic carbocycles. The van der Waals surface area contributed by atoms with Gasteiger partial charge in [0.2, 0.25) is 0 Å². The molecular weight excluding hydrogens is 384 g/mol. The van der Waals surface area contributed by atoms with Crippen LogP contribution < -0.4 is 16.2 Å². The molecular formula is C27H42N2O2. The molecule has 172 valence electrons. The highest BCUT2D eigenvalue weighted by molar-refractivity contribution is 5.78. The molecule has 4 rings (SSSR count). The van der Waals surface area contributed by atoms with Crippen LogP contribution >= 0.6 is 0 Å². The van der Waals surface area contributed by atoms with Gasteiger partial charge in [-0.25, -0.2) is 4.79 Å². The van der Waals surface area contributed by atoms with Crippen molar-refractivity contribution in [2.24, 2.45) is 34.1 Å². The zero-order chi connectivity index (χ0) is 22.6. The van der Waals surface area contributed by atoms with Gasteiger partial charge in [-0.3, -0.25) is 0 Å². The van der Waals surface area contributed by atoms with Crippen molar-refractivity contribution in [3.05, 3.63) is 28.8 Å². The standard InChI is InChI=1S/C27H42N2O2/c1-17-14-19(31-24(30)20(29)8-6-13-28)15-18-16-22-26(4)11-7-10-25(2,3)21(26)9-12-27(22,5)23(17)18/h14-15,20-22H,6-13,16,28-29H2,1-5H3/t20?,21-,22?,26?,27-/m0/s1. The van der Waals surface area contributed by atoms with Gasteiger partial charge >= 0.3 is 5.97 Å². The Balaban J connectivity index is 1.63. The van der Waals surface area contributed by atoms with Crippen molar-refractivity contribution >= 4 is 5.97 Å². The Bertz CT molecular complexity index is 863. The van der Waals surface area contributed by atoms with Gasteiger partial charge < -0.3 is 16.2 Å². The lowest BCUT2D eigenvalue weighted by molar-refractivity contribution is -0.136. The molecule has 2 saturated carbocycles. The molecule has 31 heavy (non-hydrogen) atoms. The number of ether oxygens (including phenoxy) is 1. The molecule has 0 radical (unpaired) electrons. The van der Waals surface area contributed by atoms with E-state index in [1.54, 1.807) is 0 Å². The van der Waals surface area contributed by atoms with Crippen LogP contribution in [0.3, 0.4) is 0 Å². The molecule has 4 heteroatoms. The minimum absolute atomic E-state index is 0.220. The quantitative estimate of drug-likeness (QED) is 0.512. The minimum atomic E-state index is -0.610. The second kappa shape index (κ2) is 7.88. The largest absolute Gasteiger partial charge is 0.425 e. The smallest absolute Gasteiger partial charge is 0.328 e. The molecule has 0 spiro atoms. The number of esters is 1. The Labute approximate surface area is 188 Å². The summed E-state index contributed by atoms with van der Waals surface area (Å²) >= 11 is 0. The van der Waals surface area contributed by atoms with Crippen molar-refractivity contribution in [1.29, 1.82) is 0 Å². The van der Waals surface area contributed by atoms with Crippen LogP contribution in [0.15, 0.2) is 12.1 Å². The van der Waals surface area contributed by atoms with Crippen molar-refractivity contribution in [1.82, 2.24) is 0 Å². The molecule has 0 saturated heterocycles. The van der Waals surface area contributed by atoms with Crippen molar-refractivity contribution in [3.63, 3.8) is 0 Å². The maximum atomic E-state index is 12.5. The van der Waals surface area contributed by atoms with Gasteiger partial charge in [0.15, 0.2) is 0 Å². The van der Waals surface area contributed by atoms with Crippen LogP contribution in [0.2, 0.25) is 0 Å². The third-order valence-corrected chi connectivity index (χ3v) is 9.42. The average molecular weight is 427 g/mol. The van der Waals surface area contributed by atoms with Gasteiger partial charge in [0.25, 0.3) is 0 Å². The molecule has 0 amide bonds. The predicted octanol–water partition coefficient (Wildman–Crippen LogP) is 5.02. The van der Waals surface area contributed by atoms with Gasteiger partial charge in [-0.15, -0.1) is 0 Å². The summed E-state index contributed by atoms with van der Waals surface area (Å²) in [4.78, 5) is 12.5. The van der Waals surface area contributed by atoms with Gasteiger partial charge in [-0.1, -0.05) is 34.1 Å². The van der Waals surface area contributed by atoms with E-state index in [-0.39, 0.29) is 11.4 Å². The van der Waals surface area contributed by atoms with E-state index >= 15 is 0 Å². The lowest BCUT2D eigenvalue weighted by Crippen LogP contribution is -2.55. The van der Waals surface area contributed by atoms with E-state index in [2.05, 4.69) is 46.8 Å². The molecule has 0 aliphatic heterocycles. The monoisotopic (exact) mass is 426 g/mol. The Morgan fingerprint density at radius 3 is 2.61 bits per heavy atom. The number of aryl methyl sites for hydroxylation is 1. The highest BCUT2D eigenvalue weighted by atomic mass is 16.5. The number of rotatable bonds is 5. The third kappa shape index (κ3) is 3.64. The van der Waals surface area contributed by atoms with E-state index in [0.717, 1.165) is 18.8 Å². The highest BCUT2D eigenvalue weighted by Gasteiger charge is 2.61. The van der Waals surface area contributed by atoms with Crippen LogP contribution in [-0.2, 0) is 16.6 Å². The van der Waals surface area contributed by atoms with Crippen LogP contribution in [0, 0.1) is 29.6 Å². The van der Waals surface area contributed by atoms with Crippen LogP contribution in [0.4, 0.5) is 0 Å². The number of carbonyl (C=O) groups is 1. The molecule has 4 N–H and O–H groups in total. The summed E-state index contributed by atoms with van der Waals surface area (Å²) in [5.74, 6) is 1.75. The molecule has 4 nitrogen and oxygen atoms in total. The normalized spacial score (nSPS) is 34.4. The summed E-state index contributed by atoms with van der Waals surface area (Å²) in [6.45, 7) is 12.8. The molecule has 1 aromatic rings. The minimum Gasteiger partial charge on any atom is -0.425 e. The molecule has 5 atom stereocenters. The molecule has 3 unspecified atom stereocenters. The molecule has 3 aliphatic rings. The van der Waals surface area contributed by atoms with E-state index in [9.17, 15) is 4.79 Å². The Kier molecular flexibility index (Phi) is 5.79. The van der Waals surface area contributed by atoms with Crippen molar-refractivity contribution < 1.29 is 9.53 Å². The van der Waals surface area contributed by atoms with Gasteiger partial charge in [-0.05, 0) is 115 Å². The molecule has 2 fully saturated rings. The van der Waals surface area contributed by atoms with Gasteiger partial charge in [-0.2, -0.15) is 0 Å². The van der Waals surface area contributed by atoms with E-state index in [1.165, 1.54) is 48.8 Å². The summed E-state index contributed by atoms with van der Waals surface area (Å²) in [7, 11) is 0. The fourth-order valence-electron chi connectivity index (χ4n) is 8.14. The first-order chi connectivity index (χ1) is 14.5. The summed E-state index contributed by atoms with van der Waals surface area (Å²) < 4.78 is 5.73. The van der Waals surface area contributed by atoms with Gasteiger partial charge in [0, 0.05) is 0 Å².